The zero-order valence-corrected chi connectivity index (χ0v) is 16.2. The van der Waals surface area contributed by atoms with Crippen LogP contribution in [0.15, 0.2) is 42.5 Å². The maximum Gasteiger partial charge on any atom is 0.338 e. The lowest BCUT2D eigenvalue weighted by Crippen LogP contribution is -2.20. The molecule has 5 nitrogen and oxygen atoms in total. The Morgan fingerprint density at radius 3 is 2.44 bits per heavy atom. The number of hydrogen-bond donors (Lipinski definition) is 1. The minimum absolute atomic E-state index is 0.0779. The Hall–Kier alpha value is -2.82. The summed E-state index contributed by atoms with van der Waals surface area (Å²) in [6.07, 6.45) is 3.00. The van der Waals surface area contributed by atoms with Gasteiger partial charge in [-0.05, 0) is 61.7 Å². The van der Waals surface area contributed by atoms with Gasteiger partial charge in [-0.3, -0.25) is 4.79 Å². The van der Waals surface area contributed by atoms with E-state index in [1.54, 1.807) is 24.3 Å². The second-order valence-electron chi connectivity index (χ2n) is 6.46. The van der Waals surface area contributed by atoms with Crippen LogP contribution in [0.4, 0.5) is 5.69 Å². The molecule has 0 aliphatic carbocycles. The summed E-state index contributed by atoms with van der Waals surface area (Å²) in [6, 6.07) is 12.4. The zero-order valence-electron chi connectivity index (χ0n) is 16.2. The molecule has 27 heavy (non-hydrogen) atoms. The van der Waals surface area contributed by atoms with Crippen LogP contribution in [-0.2, 0) is 9.53 Å². The fourth-order valence-electron chi connectivity index (χ4n) is 2.51. The molecule has 2 rings (SSSR count). The predicted octanol–water partition coefficient (Wildman–Crippen LogP) is 4.67. The quantitative estimate of drug-likeness (QED) is 0.515. The molecule has 0 atom stereocenters. The van der Waals surface area contributed by atoms with Gasteiger partial charge in [0.1, 0.15) is 5.75 Å². The van der Waals surface area contributed by atoms with Crippen LogP contribution < -0.4 is 10.1 Å². The van der Waals surface area contributed by atoms with Gasteiger partial charge in [0.2, 0.25) is 0 Å². The Balaban J connectivity index is 1.82. The highest BCUT2D eigenvalue weighted by atomic mass is 16.5. The number of ether oxygens (including phenoxy) is 2. The Kier molecular flexibility index (Phi) is 7.86. The highest BCUT2D eigenvalue weighted by Crippen LogP contribution is 2.20. The number of carbonyl (C=O) groups excluding carboxylic acids is 2. The summed E-state index contributed by atoms with van der Waals surface area (Å²) < 4.78 is 10.8. The monoisotopic (exact) mass is 369 g/mol. The molecule has 0 aliphatic rings. The third-order valence-corrected chi connectivity index (χ3v) is 4.30. The summed E-state index contributed by atoms with van der Waals surface area (Å²) in [5.41, 5.74) is 3.21. The molecular formula is C22H27NO4. The van der Waals surface area contributed by atoms with Crippen LogP contribution in [0.5, 0.6) is 5.75 Å². The third-order valence-electron chi connectivity index (χ3n) is 4.30. The molecule has 0 bridgehead atoms. The van der Waals surface area contributed by atoms with Gasteiger partial charge in [-0.25, -0.2) is 4.79 Å². The standard InChI is InChI=1S/C22H27NO4/c1-4-5-6-14-26-22(25)18-10-12-19(13-11-18)23-21(24)15-27-20-9-7-8-16(2)17(20)3/h7-13H,4-6,14-15H2,1-3H3,(H,23,24). The molecule has 0 heterocycles. The largest absolute Gasteiger partial charge is 0.483 e. The molecule has 1 amide bonds. The van der Waals surface area contributed by atoms with E-state index in [1.807, 2.05) is 32.0 Å². The van der Waals surface area contributed by atoms with Crippen molar-refractivity contribution < 1.29 is 19.1 Å². The molecule has 2 aromatic carbocycles. The number of benzene rings is 2. The molecular weight excluding hydrogens is 342 g/mol. The summed E-state index contributed by atoms with van der Waals surface area (Å²) in [5.74, 6) is 0.0966. The highest BCUT2D eigenvalue weighted by molar-refractivity contribution is 5.93. The normalized spacial score (nSPS) is 10.3. The first-order valence-electron chi connectivity index (χ1n) is 9.27. The van der Waals surface area contributed by atoms with E-state index in [2.05, 4.69) is 12.2 Å². The van der Waals surface area contributed by atoms with E-state index >= 15 is 0 Å². The van der Waals surface area contributed by atoms with Crippen molar-refractivity contribution in [3.05, 3.63) is 59.2 Å². The summed E-state index contributed by atoms with van der Waals surface area (Å²) in [5, 5.41) is 2.76. The Morgan fingerprint density at radius 1 is 1.00 bits per heavy atom. The van der Waals surface area contributed by atoms with Crippen molar-refractivity contribution >= 4 is 17.6 Å². The van der Waals surface area contributed by atoms with Gasteiger partial charge in [0.05, 0.1) is 12.2 Å². The third kappa shape index (κ3) is 6.44. The van der Waals surface area contributed by atoms with E-state index in [-0.39, 0.29) is 18.5 Å². The number of amides is 1. The van der Waals surface area contributed by atoms with Crippen molar-refractivity contribution in [2.24, 2.45) is 0 Å². The molecule has 0 unspecified atom stereocenters. The van der Waals surface area contributed by atoms with Gasteiger partial charge in [-0.2, -0.15) is 0 Å². The number of hydrogen-bond acceptors (Lipinski definition) is 4. The minimum Gasteiger partial charge on any atom is -0.483 e. The van der Waals surface area contributed by atoms with E-state index in [0.29, 0.717) is 23.6 Å². The highest BCUT2D eigenvalue weighted by Gasteiger charge is 2.09. The first-order chi connectivity index (χ1) is 13.0. The Bertz CT molecular complexity index is 768. The second kappa shape index (κ2) is 10.4. The molecule has 5 heteroatoms. The zero-order chi connectivity index (χ0) is 19.6. The number of rotatable bonds is 9. The average Bonchev–Trinajstić information content (AvgIpc) is 2.67. The van der Waals surface area contributed by atoms with Crippen molar-refractivity contribution in [1.29, 1.82) is 0 Å². The van der Waals surface area contributed by atoms with E-state index in [1.165, 1.54) is 0 Å². The van der Waals surface area contributed by atoms with Crippen molar-refractivity contribution in [3.8, 4) is 5.75 Å². The molecule has 0 saturated heterocycles. The SMILES string of the molecule is CCCCCOC(=O)c1ccc(NC(=O)COc2cccc(C)c2C)cc1. The summed E-state index contributed by atoms with van der Waals surface area (Å²) in [4.78, 5) is 24.0. The number of nitrogens with one attached hydrogen (secondary N) is 1. The summed E-state index contributed by atoms with van der Waals surface area (Å²) >= 11 is 0. The minimum atomic E-state index is -0.345. The molecule has 1 N–H and O–H groups in total. The van der Waals surface area contributed by atoms with Crippen LogP contribution in [0.2, 0.25) is 0 Å². The van der Waals surface area contributed by atoms with E-state index < -0.39 is 0 Å². The van der Waals surface area contributed by atoms with E-state index in [4.69, 9.17) is 9.47 Å². The van der Waals surface area contributed by atoms with Crippen LogP contribution >= 0.6 is 0 Å². The predicted molar refractivity (Wildman–Crippen MR) is 106 cm³/mol. The van der Waals surface area contributed by atoms with Crippen molar-refractivity contribution in [3.63, 3.8) is 0 Å². The lowest BCUT2D eigenvalue weighted by atomic mass is 10.1. The molecule has 0 spiro atoms. The lowest BCUT2D eigenvalue weighted by Gasteiger charge is -2.11. The second-order valence-corrected chi connectivity index (χ2v) is 6.46. The van der Waals surface area contributed by atoms with Crippen molar-refractivity contribution in [1.82, 2.24) is 0 Å². The van der Waals surface area contributed by atoms with E-state index in [9.17, 15) is 9.59 Å². The Labute approximate surface area is 160 Å². The Morgan fingerprint density at radius 2 is 1.74 bits per heavy atom. The summed E-state index contributed by atoms with van der Waals surface area (Å²) in [6.45, 7) is 6.41. The maximum absolute atomic E-state index is 12.1. The fraction of sp³-hybridized carbons (Fsp3) is 0.364. The number of unbranched alkanes of at least 4 members (excludes halogenated alkanes) is 2. The topological polar surface area (TPSA) is 64.6 Å². The van der Waals surface area contributed by atoms with Gasteiger partial charge in [-0.15, -0.1) is 0 Å². The first kappa shape index (κ1) is 20.5. The van der Waals surface area contributed by atoms with Gasteiger partial charge in [0, 0.05) is 5.69 Å². The van der Waals surface area contributed by atoms with Crippen LogP contribution in [0.3, 0.4) is 0 Å². The molecule has 0 radical (unpaired) electrons. The van der Waals surface area contributed by atoms with Crippen molar-refractivity contribution in [2.75, 3.05) is 18.5 Å². The van der Waals surface area contributed by atoms with Gasteiger partial charge in [-0.1, -0.05) is 31.9 Å². The smallest absolute Gasteiger partial charge is 0.338 e. The van der Waals surface area contributed by atoms with Gasteiger partial charge < -0.3 is 14.8 Å². The van der Waals surface area contributed by atoms with Crippen LogP contribution in [0.25, 0.3) is 0 Å². The van der Waals surface area contributed by atoms with Crippen LogP contribution in [-0.4, -0.2) is 25.1 Å². The number of carbonyl (C=O) groups is 2. The van der Waals surface area contributed by atoms with Crippen LogP contribution in [0, 0.1) is 13.8 Å². The summed E-state index contributed by atoms with van der Waals surface area (Å²) in [7, 11) is 0. The molecule has 0 saturated carbocycles. The maximum atomic E-state index is 12.1. The number of aryl methyl sites for hydroxylation is 1. The van der Waals surface area contributed by atoms with Gasteiger partial charge in [0.25, 0.3) is 5.91 Å². The molecule has 2 aromatic rings. The molecule has 144 valence electrons. The average molecular weight is 369 g/mol. The molecule has 0 fully saturated rings. The van der Waals surface area contributed by atoms with Gasteiger partial charge in [0.15, 0.2) is 6.61 Å². The van der Waals surface area contributed by atoms with Gasteiger partial charge >= 0.3 is 5.97 Å². The molecule has 0 aromatic heterocycles. The fourth-order valence-corrected chi connectivity index (χ4v) is 2.51. The van der Waals surface area contributed by atoms with Crippen LogP contribution in [0.1, 0.15) is 47.7 Å². The van der Waals surface area contributed by atoms with Crippen molar-refractivity contribution in [2.45, 2.75) is 40.0 Å². The number of anilines is 1. The number of esters is 1. The molecule has 0 aliphatic heterocycles. The first-order valence-corrected chi connectivity index (χ1v) is 9.27. The van der Waals surface area contributed by atoms with E-state index in [0.717, 1.165) is 30.4 Å². The lowest BCUT2D eigenvalue weighted by molar-refractivity contribution is -0.118.